The van der Waals surface area contributed by atoms with Crippen molar-refractivity contribution < 1.29 is 9.47 Å². The van der Waals surface area contributed by atoms with E-state index in [9.17, 15) is 0 Å². The summed E-state index contributed by atoms with van der Waals surface area (Å²) in [6.45, 7) is 2.16. The number of para-hydroxylation sites is 1. The minimum atomic E-state index is 0.560. The van der Waals surface area contributed by atoms with E-state index in [0.29, 0.717) is 18.3 Å². The van der Waals surface area contributed by atoms with Crippen molar-refractivity contribution in [3.8, 4) is 10.9 Å². The minimum absolute atomic E-state index is 0.560. The molecule has 0 aliphatic carbocycles. The molecule has 96 valence electrons. The number of rotatable bonds is 7. The van der Waals surface area contributed by atoms with Gasteiger partial charge in [0.05, 0.1) is 6.61 Å². The van der Waals surface area contributed by atoms with E-state index in [1.807, 2.05) is 30.3 Å². The van der Waals surface area contributed by atoms with E-state index in [2.05, 4.69) is 15.5 Å². The average molecular weight is 265 g/mol. The van der Waals surface area contributed by atoms with Crippen LogP contribution >= 0.6 is 11.3 Å². The molecule has 0 bridgehead atoms. The molecule has 0 saturated heterocycles. The molecule has 0 fully saturated rings. The number of hydrogen-bond acceptors (Lipinski definition) is 6. The van der Waals surface area contributed by atoms with Gasteiger partial charge < -0.3 is 14.8 Å². The van der Waals surface area contributed by atoms with Crippen molar-refractivity contribution in [2.24, 2.45) is 0 Å². The third-order valence-corrected chi connectivity index (χ3v) is 2.96. The molecule has 2 rings (SSSR count). The predicted molar refractivity (Wildman–Crippen MR) is 70.0 cm³/mol. The predicted octanol–water partition coefficient (Wildman–Crippen LogP) is 2.07. The molecule has 18 heavy (non-hydrogen) atoms. The molecule has 0 amide bonds. The maximum absolute atomic E-state index is 5.58. The van der Waals surface area contributed by atoms with Crippen LogP contribution in [0.25, 0.3) is 0 Å². The summed E-state index contributed by atoms with van der Waals surface area (Å²) in [4.78, 5) is 0. The zero-order valence-corrected chi connectivity index (χ0v) is 10.9. The lowest BCUT2D eigenvalue weighted by molar-refractivity contribution is 0.199. The van der Waals surface area contributed by atoms with Crippen molar-refractivity contribution in [2.75, 3.05) is 20.3 Å². The Morgan fingerprint density at radius 3 is 2.83 bits per heavy atom. The van der Waals surface area contributed by atoms with E-state index in [4.69, 9.17) is 9.47 Å². The van der Waals surface area contributed by atoms with E-state index in [0.717, 1.165) is 17.3 Å². The Balaban J connectivity index is 1.83. The summed E-state index contributed by atoms with van der Waals surface area (Å²) in [6, 6.07) is 9.56. The quantitative estimate of drug-likeness (QED) is 0.777. The number of aromatic nitrogens is 2. The van der Waals surface area contributed by atoms with Gasteiger partial charge in [-0.1, -0.05) is 34.6 Å². The molecule has 0 aliphatic rings. The normalized spacial score (nSPS) is 10.5. The van der Waals surface area contributed by atoms with Gasteiger partial charge in [0.1, 0.15) is 10.8 Å². The maximum Gasteiger partial charge on any atom is 0.299 e. The van der Waals surface area contributed by atoms with Gasteiger partial charge in [-0.3, -0.25) is 0 Å². The summed E-state index contributed by atoms with van der Waals surface area (Å²) in [5, 5.41) is 12.7. The Morgan fingerprint density at radius 1 is 1.22 bits per heavy atom. The highest BCUT2D eigenvalue weighted by molar-refractivity contribution is 7.13. The monoisotopic (exact) mass is 265 g/mol. The molecule has 0 unspecified atom stereocenters. The molecule has 5 nitrogen and oxygen atoms in total. The number of nitrogens with zero attached hydrogens (tertiary/aromatic N) is 2. The standard InChI is InChI=1S/C12H15N3O2S/c1-16-8-7-13-9-11-14-15-12(18-11)17-10-5-3-2-4-6-10/h2-6,13H,7-9H2,1H3. The number of hydrogen-bond donors (Lipinski definition) is 1. The van der Waals surface area contributed by atoms with Gasteiger partial charge in [-0.05, 0) is 12.1 Å². The molecule has 0 radical (unpaired) electrons. The smallest absolute Gasteiger partial charge is 0.299 e. The maximum atomic E-state index is 5.58. The first-order chi connectivity index (χ1) is 8.88. The second-order valence-corrected chi connectivity index (χ2v) is 4.57. The zero-order valence-electron chi connectivity index (χ0n) is 10.1. The summed E-state index contributed by atoms with van der Waals surface area (Å²) in [5.41, 5.74) is 0. The lowest BCUT2D eigenvalue weighted by Crippen LogP contribution is -2.18. The van der Waals surface area contributed by atoms with Gasteiger partial charge in [-0.15, -0.1) is 5.10 Å². The first-order valence-electron chi connectivity index (χ1n) is 5.63. The van der Waals surface area contributed by atoms with Crippen LogP contribution in [0, 0.1) is 0 Å². The number of benzene rings is 1. The Kier molecular flexibility index (Phi) is 5.07. The van der Waals surface area contributed by atoms with Crippen molar-refractivity contribution in [3.05, 3.63) is 35.3 Å². The van der Waals surface area contributed by atoms with Gasteiger partial charge in [0.15, 0.2) is 0 Å². The van der Waals surface area contributed by atoms with Gasteiger partial charge in [0, 0.05) is 20.2 Å². The first kappa shape index (κ1) is 12.9. The zero-order chi connectivity index (χ0) is 12.6. The number of ether oxygens (including phenoxy) is 2. The van der Waals surface area contributed by atoms with Crippen LogP contribution in [0.3, 0.4) is 0 Å². The van der Waals surface area contributed by atoms with Crippen molar-refractivity contribution >= 4 is 11.3 Å². The molecule has 0 spiro atoms. The fraction of sp³-hybridized carbons (Fsp3) is 0.333. The Bertz CT molecular complexity index is 461. The summed E-state index contributed by atoms with van der Waals surface area (Å²) < 4.78 is 10.5. The fourth-order valence-corrected chi connectivity index (χ4v) is 1.99. The summed E-state index contributed by atoms with van der Waals surface area (Å²) in [6.07, 6.45) is 0. The fourth-order valence-electron chi connectivity index (χ4n) is 1.31. The molecular formula is C12H15N3O2S. The van der Waals surface area contributed by atoms with Crippen molar-refractivity contribution in [1.29, 1.82) is 0 Å². The van der Waals surface area contributed by atoms with Gasteiger partial charge in [0.2, 0.25) is 0 Å². The molecule has 0 aliphatic heterocycles. The number of nitrogens with one attached hydrogen (secondary N) is 1. The van der Waals surface area contributed by atoms with Gasteiger partial charge >= 0.3 is 0 Å². The molecular weight excluding hydrogens is 250 g/mol. The van der Waals surface area contributed by atoms with Crippen molar-refractivity contribution in [1.82, 2.24) is 15.5 Å². The highest BCUT2D eigenvalue weighted by Gasteiger charge is 2.05. The minimum Gasteiger partial charge on any atom is -0.430 e. The van der Waals surface area contributed by atoms with Crippen LogP contribution in [0.4, 0.5) is 0 Å². The molecule has 6 heteroatoms. The summed E-state index contributed by atoms with van der Waals surface area (Å²) in [7, 11) is 1.68. The average Bonchev–Trinajstić information content (AvgIpc) is 2.84. The Hall–Kier alpha value is -1.50. The van der Waals surface area contributed by atoms with E-state index in [-0.39, 0.29) is 0 Å². The van der Waals surface area contributed by atoms with Crippen LogP contribution in [0.5, 0.6) is 10.9 Å². The Morgan fingerprint density at radius 2 is 2.06 bits per heavy atom. The molecule has 0 atom stereocenters. The summed E-state index contributed by atoms with van der Waals surface area (Å²) in [5.74, 6) is 0.771. The van der Waals surface area contributed by atoms with Gasteiger partial charge in [0.25, 0.3) is 5.19 Å². The second-order valence-electron chi connectivity index (χ2n) is 3.55. The second kappa shape index (κ2) is 7.05. The molecule has 1 N–H and O–H groups in total. The number of methoxy groups -OCH3 is 1. The lowest BCUT2D eigenvalue weighted by Gasteiger charge is -2.00. The van der Waals surface area contributed by atoms with Gasteiger partial charge in [-0.2, -0.15) is 0 Å². The van der Waals surface area contributed by atoms with Crippen molar-refractivity contribution in [2.45, 2.75) is 6.54 Å². The highest BCUT2D eigenvalue weighted by atomic mass is 32.1. The van der Waals surface area contributed by atoms with E-state index < -0.39 is 0 Å². The van der Waals surface area contributed by atoms with Crippen molar-refractivity contribution in [3.63, 3.8) is 0 Å². The molecule has 1 aromatic carbocycles. The van der Waals surface area contributed by atoms with Gasteiger partial charge in [-0.25, -0.2) is 0 Å². The van der Waals surface area contributed by atoms with Crippen LogP contribution in [0.2, 0.25) is 0 Å². The topological polar surface area (TPSA) is 56.3 Å². The molecule has 1 heterocycles. The third kappa shape index (κ3) is 4.06. The SMILES string of the molecule is COCCNCc1nnc(Oc2ccccc2)s1. The lowest BCUT2D eigenvalue weighted by atomic mass is 10.3. The van der Waals surface area contributed by atoms with E-state index in [1.54, 1.807) is 7.11 Å². The highest BCUT2D eigenvalue weighted by Crippen LogP contribution is 2.24. The Labute approximate surface area is 110 Å². The van der Waals surface area contributed by atoms with Crippen LogP contribution in [0.15, 0.2) is 30.3 Å². The molecule has 0 saturated carbocycles. The molecule has 1 aromatic heterocycles. The van der Waals surface area contributed by atoms with Crippen LogP contribution in [-0.2, 0) is 11.3 Å². The van der Waals surface area contributed by atoms with Crippen LogP contribution in [-0.4, -0.2) is 30.5 Å². The van der Waals surface area contributed by atoms with Crippen LogP contribution < -0.4 is 10.1 Å². The third-order valence-electron chi connectivity index (χ3n) is 2.16. The summed E-state index contributed by atoms with van der Waals surface area (Å²) >= 11 is 1.44. The molecule has 2 aromatic rings. The largest absolute Gasteiger partial charge is 0.430 e. The van der Waals surface area contributed by atoms with E-state index >= 15 is 0 Å². The van der Waals surface area contributed by atoms with E-state index in [1.165, 1.54) is 11.3 Å². The first-order valence-corrected chi connectivity index (χ1v) is 6.45. The van der Waals surface area contributed by atoms with Crippen LogP contribution in [0.1, 0.15) is 5.01 Å².